The molecule has 0 bridgehead atoms. The molecule has 26 heavy (non-hydrogen) atoms. The fraction of sp³-hybridized carbons (Fsp3) is 0.400. The molecular formula is C20H25N5S. The van der Waals surface area contributed by atoms with Gasteiger partial charge in [0, 0.05) is 49.1 Å². The van der Waals surface area contributed by atoms with E-state index in [0.29, 0.717) is 6.04 Å². The molecule has 1 aliphatic heterocycles. The van der Waals surface area contributed by atoms with E-state index < -0.39 is 0 Å². The molecule has 5 nitrogen and oxygen atoms in total. The Morgan fingerprint density at radius 3 is 2.50 bits per heavy atom. The van der Waals surface area contributed by atoms with Gasteiger partial charge in [0.25, 0.3) is 0 Å². The number of hydrogen-bond acceptors (Lipinski definition) is 5. The molecule has 0 saturated carbocycles. The number of aromatic nitrogens is 3. The summed E-state index contributed by atoms with van der Waals surface area (Å²) in [6.45, 7) is 5.23. The lowest BCUT2D eigenvalue weighted by atomic mass is 10.0. The van der Waals surface area contributed by atoms with E-state index in [4.69, 9.17) is 0 Å². The Morgan fingerprint density at radius 2 is 1.88 bits per heavy atom. The van der Waals surface area contributed by atoms with Gasteiger partial charge in [0.15, 0.2) is 0 Å². The second kappa shape index (κ2) is 7.60. The zero-order valence-electron chi connectivity index (χ0n) is 15.4. The summed E-state index contributed by atoms with van der Waals surface area (Å²) in [6.07, 6.45) is 6.17. The summed E-state index contributed by atoms with van der Waals surface area (Å²) in [4.78, 5) is 9.55. The number of anilines is 1. The monoisotopic (exact) mass is 367 g/mol. The standard InChI is InChI=1S/C20H25N5S/c1-16-22-17(15-26-16)14-23(2)18-8-12-24(13-9-18)19-4-6-20(7-5-19)25-11-3-10-21-25/h3-7,10-11,15,18H,8-9,12-14H2,1-2H3. The van der Waals surface area contributed by atoms with Crippen molar-refractivity contribution in [2.24, 2.45) is 0 Å². The van der Waals surface area contributed by atoms with Crippen LogP contribution in [-0.4, -0.2) is 45.8 Å². The Kier molecular flexibility index (Phi) is 5.04. The van der Waals surface area contributed by atoms with Gasteiger partial charge < -0.3 is 4.90 Å². The third-order valence-electron chi connectivity index (χ3n) is 5.15. The number of piperidine rings is 1. The van der Waals surface area contributed by atoms with Crippen molar-refractivity contribution < 1.29 is 0 Å². The van der Waals surface area contributed by atoms with Crippen LogP contribution < -0.4 is 4.90 Å². The van der Waals surface area contributed by atoms with Crippen LogP contribution in [0.2, 0.25) is 0 Å². The first-order chi connectivity index (χ1) is 12.7. The molecule has 3 heterocycles. The Morgan fingerprint density at radius 1 is 1.15 bits per heavy atom. The van der Waals surface area contributed by atoms with Gasteiger partial charge in [-0.15, -0.1) is 11.3 Å². The summed E-state index contributed by atoms with van der Waals surface area (Å²) in [5.41, 5.74) is 3.61. The summed E-state index contributed by atoms with van der Waals surface area (Å²) in [7, 11) is 2.23. The van der Waals surface area contributed by atoms with Crippen LogP contribution in [0.25, 0.3) is 5.69 Å². The van der Waals surface area contributed by atoms with E-state index in [9.17, 15) is 0 Å². The van der Waals surface area contributed by atoms with E-state index in [1.165, 1.54) is 24.2 Å². The maximum Gasteiger partial charge on any atom is 0.0897 e. The van der Waals surface area contributed by atoms with Gasteiger partial charge in [-0.2, -0.15) is 5.10 Å². The number of aryl methyl sites for hydroxylation is 1. The minimum absolute atomic E-state index is 0.636. The number of hydrogen-bond donors (Lipinski definition) is 0. The van der Waals surface area contributed by atoms with E-state index in [1.54, 1.807) is 11.3 Å². The lowest BCUT2D eigenvalue weighted by Gasteiger charge is -2.37. The number of nitrogens with zero attached hydrogens (tertiary/aromatic N) is 5. The van der Waals surface area contributed by atoms with Crippen molar-refractivity contribution in [2.45, 2.75) is 32.4 Å². The number of rotatable bonds is 5. The third-order valence-corrected chi connectivity index (χ3v) is 5.97. The molecule has 0 atom stereocenters. The van der Waals surface area contributed by atoms with Gasteiger partial charge in [0.05, 0.1) is 16.4 Å². The molecule has 2 aromatic heterocycles. The quantitative estimate of drug-likeness (QED) is 0.688. The van der Waals surface area contributed by atoms with E-state index in [-0.39, 0.29) is 0 Å². The van der Waals surface area contributed by atoms with Crippen LogP contribution in [0.5, 0.6) is 0 Å². The highest BCUT2D eigenvalue weighted by Gasteiger charge is 2.23. The lowest BCUT2D eigenvalue weighted by molar-refractivity contribution is 0.198. The summed E-state index contributed by atoms with van der Waals surface area (Å²) >= 11 is 1.74. The minimum atomic E-state index is 0.636. The summed E-state index contributed by atoms with van der Waals surface area (Å²) in [5.74, 6) is 0. The number of thiazole rings is 1. The lowest BCUT2D eigenvalue weighted by Crippen LogP contribution is -2.43. The normalized spacial score (nSPS) is 15.7. The molecule has 0 spiro atoms. The average molecular weight is 368 g/mol. The Hall–Kier alpha value is -2.18. The third kappa shape index (κ3) is 3.81. The predicted molar refractivity (Wildman–Crippen MR) is 107 cm³/mol. The van der Waals surface area contributed by atoms with E-state index in [1.807, 2.05) is 23.1 Å². The first-order valence-corrected chi connectivity index (χ1v) is 10.0. The summed E-state index contributed by atoms with van der Waals surface area (Å²) in [5, 5.41) is 7.62. The van der Waals surface area contributed by atoms with Gasteiger partial charge in [0.2, 0.25) is 0 Å². The Balaban J connectivity index is 1.33. The largest absolute Gasteiger partial charge is 0.371 e. The van der Waals surface area contributed by atoms with Crippen LogP contribution in [0.4, 0.5) is 5.69 Å². The molecule has 1 fully saturated rings. The first-order valence-electron chi connectivity index (χ1n) is 9.15. The average Bonchev–Trinajstić information content (AvgIpc) is 3.34. The molecule has 0 aliphatic carbocycles. The molecule has 136 valence electrons. The fourth-order valence-corrected chi connectivity index (χ4v) is 4.27. The van der Waals surface area contributed by atoms with E-state index in [2.05, 4.69) is 63.5 Å². The smallest absolute Gasteiger partial charge is 0.0897 e. The molecule has 0 N–H and O–H groups in total. The maximum atomic E-state index is 4.60. The van der Waals surface area contributed by atoms with Crippen molar-refractivity contribution >= 4 is 17.0 Å². The predicted octanol–water partition coefficient (Wildman–Crippen LogP) is 3.74. The second-order valence-electron chi connectivity index (χ2n) is 6.96. The van der Waals surface area contributed by atoms with Crippen molar-refractivity contribution in [3.8, 4) is 5.69 Å². The molecule has 3 aromatic rings. The van der Waals surface area contributed by atoms with Crippen LogP contribution in [-0.2, 0) is 6.54 Å². The molecule has 1 saturated heterocycles. The molecule has 0 radical (unpaired) electrons. The van der Waals surface area contributed by atoms with Gasteiger partial charge in [-0.1, -0.05) is 0 Å². The Labute approximate surface area is 158 Å². The second-order valence-corrected chi connectivity index (χ2v) is 8.02. The van der Waals surface area contributed by atoms with Crippen molar-refractivity contribution in [3.63, 3.8) is 0 Å². The minimum Gasteiger partial charge on any atom is -0.371 e. The van der Waals surface area contributed by atoms with Crippen molar-refractivity contribution in [1.29, 1.82) is 0 Å². The zero-order valence-corrected chi connectivity index (χ0v) is 16.2. The van der Waals surface area contributed by atoms with Gasteiger partial charge in [-0.05, 0) is 57.1 Å². The molecule has 1 aliphatic rings. The SMILES string of the molecule is Cc1nc(CN(C)C2CCN(c3ccc(-n4cccn4)cc3)CC2)cs1. The fourth-order valence-electron chi connectivity index (χ4n) is 3.67. The zero-order chi connectivity index (χ0) is 17.9. The van der Waals surface area contributed by atoms with E-state index in [0.717, 1.165) is 30.3 Å². The van der Waals surface area contributed by atoms with Crippen LogP contribution in [0, 0.1) is 6.92 Å². The topological polar surface area (TPSA) is 37.2 Å². The summed E-state index contributed by atoms with van der Waals surface area (Å²) < 4.78 is 1.89. The van der Waals surface area contributed by atoms with Gasteiger partial charge >= 0.3 is 0 Å². The highest BCUT2D eigenvalue weighted by molar-refractivity contribution is 7.09. The molecular weight excluding hydrogens is 342 g/mol. The molecule has 6 heteroatoms. The first kappa shape index (κ1) is 17.2. The van der Waals surface area contributed by atoms with Gasteiger partial charge in [0.1, 0.15) is 0 Å². The maximum absolute atomic E-state index is 4.60. The molecule has 0 amide bonds. The van der Waals surface area contributed by atoms with Crippen LogP contribution in [0.1, 0.15) is 23.5 Å². The van der Waals surface area contributed by atoms with E-state index >= 15 is 0 Å². The number of benzene rings is 1. The van der Waals surface area contributed by atoms with Crippen LogP contribution in [0.15, 0.2) is 48.1 Å². The van der Waals surface area contributed by atoms with Crippen molar-refractivity contribution in [2.75, 3.05) is 25.0 Å². The summed E-state index contributed by atoms with van der Waals surface area (Å²) in [6, 6.07) is 11.3. The molecule has 4 rings (SSSR count). The van der Waals surface area contributed by atoms with Gasteiger partial charge in [-0.25, -0.2) is 9.67 Å². The highest BCUT2D eigenvalue weighted by Crippen LogP contribution is 2.24. The van der Waals surface area contributed by atoms with Crippen LogP contribution >= 0.6 is 11.3 Å². The Bertz CT molecular complexity index is 816. The van der Waals surface area contributed by atoms with Gasteiger partial charge in [-0.3, -0.25) is 4.90 Å². The molecule has 1 aromatic carbocycles. The van der Waals surface area contributed by atoms with Crippen molar-refractivity contribution in [1.82, 2.24) is 19.7 Å². The van der Waals surface area contributed by atoms with Crippen LogP contribution in [0.3, 0.4) is 0 Å². The molecule has 0 unspecified atom stereocenters. The highest BCUT2D eigenvalue weighted by atomic mass is 32.1. The van der Waals surface area contributed by atoms with Crippen molar-refractivity contribution in [3.05, 3.63) is 58.8 Å².